The Kier molecular flexibility index (Phi) is 5.36. The molecule has 5 nitrogen and oxygen atoms in total. The van der Waals surface area contributed by atoms with E-state index in [9.17, 15) is 9.59 Å². The van der Waals surface area contributed by atoms with Gasteiger partial charge in [0.1, 0.15) is 0 Å². The molecule has 1 atom stereocenters. The molecule has 114 valence electrons. The summed E-state index contributed by atoms with van der Waals surface area (Å²) in [6, 6.07) is 4.07. The summed E-state index contributed by atoms with van der Waals surface area (Å²) in [4.78, 5) is 24.8. The molecule has 0 aromatic heterocycles. The predicted molar refractivity (Wildman–Crippen MR) is 85.5 cm³/mol. The number of halogens is 1. The molecule has 1 fully saturated rings. The Morgan fingerprint density at radius 3 is 2.90 bits per heavy atom. The number of thioether (sulfide) groups is 1. The maximum absolute atomic E-state index is 12.2. The molecule has 2 N–H and O–H groups in total. The molecule has 1 aromatic rings. The average molecular weight is 329 g/mol. The van der Waals surface area contributed by atoms with Gasteiger partial charge in [0.15, 0.2) is 0 Å². The Hall–Kier alpha value is -1.40. The minimum Gasteiger partial charge on any atom is -0.478 e. The summed E-state index contributed by atoms with van der Waals surface area (Å²) in [6.07, 6.45) is 1.03. The second kappa shape index (κ2) is 7.04. The number of amides is 2. The number of urea groups is 1. The molecule has 1 aromatic carbocycles. The maximum Gasteiger partial charge on any atom is 0.335 e. The minimum absolute atomic E-state index is 0.0958. The molecule has 1 saturated heterocycles. The van der Waals surface area contributed by atoms with Crippen LogP contribution < -0.4 is 5.32 Å². The third-order valence-corrected chi connectivity index (χ3v) is 5.02. The van der Waals surface area contributed by atoms with Gasteiger partial charge < -0.3 is 15.3 Å². The molecule has 0 bridgehead atoms. The lowest BCUT2D eigenvalue weighted by atomic mass is 10.2. The monoisotopic (exact) mass is 328 g/mol. The highest BCUT2D eigenvalue weighted by Gasteiger charge is 2.23. The van der Waals surface area contributed by atoms with Gasteiger partial charge in [0.2, 0.25) is 0 Å². The van der Waals surface area contributed by atoms with Gasteiger partial charge in [-0.25, -0.2) is 9.59 Å². The van der Waals surface area contributed by atoms with Gasteiger partial charge in [0, 0.05) is 24.1 Å². The highest BCUT2D eigenvalue weighted by molar-refractivity contribution is 8.00. The number of carboxylic acid groups (broad SMARTS) is 1. The van der Waals surface area contributed by atoms with Crippen molar-refractivity contribution in [1.29, 1.82) is 0 Å². The molecular weight excluding hydrogens is 312 g/mol. The SMILES string of the molecule is CCC1CN(C(=O)Nc2ccc(C(=O)O)cc2Cl)CCS1. The molecule has 0 spiro atoms. The Labute approximate surface area is 132 Å². The highest BCUT2D eigenvalue weighted by Crippen LogP contribution is 2.25. The average Bonchev–Trinajstić information content (AvgIpc) is 2.49. The van der Waals surface area contributed by atoms with E-state index in [2.05, 4.69) is 12.2 Å². The van der Waals surface area contributed by atoms with Crippen LogP contribution in [-0.2, 0) is 0 Å². The number of carboxylic acids is 1. The Morgan fingerprint density at radius 1 is 1.52 bits per heavy atom. The van der Waals surface area contributed by atoms with Gasteiger partial charge in [0.05, 0.1) is 16.3 Å². The first kappa shape index (κ1) is 16.0. The van der Waals surface area contributed by atoms with Crippen LogP contribution in [0.4, 0.5) is 10.5 Å². The number of hydrogen-bond acceptors (Lipinski definition) is 3. The first-order valence-corrected chi connectivity index (χ1v) is 8.14. The fourth-order valence-corrected chi connectivity index (χ4v) is 3.50. The van der Waals surface area contributed by atoms with Crippen molar-refractivity contribution < 1.29 is 14.7 Å². The van der Waals surface area contributed by atoms with Gasteiger partial charge in [-0.1, -0.05) is 18.5 Å². The number of benzene rings is 1. The van der Waals surface area contributed by atoms with Crippen molar-refractivity contribution in [1.82, 2.24) is 4.90 Å². The van der Waals surface area contributed by atoms with Gasteiger partial charge >= 0.3 is 12.0 Å². The molecule has 2 rings (SSSR count). The first-order chi connectivity index (χ1) is 10.0. The summed E-state index contributed by atoms with van der Waals surface area (Å²) in [5.41, 5.74) is 0.524. The number of nitrogens with zero attached hydrogens (tertiary/aromatic N) is 1. The van der Waals surface area contributed by atoms with Crippen LogP contribution in [-0.4, -0.2) is 46.1 Å². The smallest absolute Gasteiger partial charge is 0.335 e. The van der Waals surface area contributed by atoms with Crippen LogP contribution in [0.5, 0.6) is 0 Å². The number of anilines is 1. The van der Waals surface area contributed by atoms with E-state index < -0.39 is 5.97 Å². The Balaban J connectivity index is 2.04. The van der Waals surface area contributed by atoms with Crippen LogP contribution >= 0.6 is 23.4 Å². The fourth-order valence-electron chi connectivity index (χ4n) is 2.09. The van der Waals surface area contributed by atoms with Gasteiger partial charge in [-0.15, -0.1) is 0 Å². The molecule has 0 saturated carbocycles. The Morgan fingerprint density at radius 2 is 2.29 bits per heavy atom. The van der Waals surface area contributed by atoms with Crippen molar-refractivity contribution in [3.63, 3.8) is 0 Å². The van der Waals surface area contributed by atoms with E-state index in [4.69, 9.17) is 16.7 Å². The van der Waals surface area contributed by atoms with Crippen LogP contribution in [0.25, 0.3) is 0 Å². The van der Waals surface area contributed by atoms with Crippen LogP contribution in [0.1, 0.15) is 23.7 Å². The number of carbonyl (C=O) groups excluding carboxylic acids is 1. The van der Waals surface area contributed by atoms with E-state index in [1.807, 2.05) is 11.8 Å². The molecule has 0 aliphatic carbocycles. The minimum atomic E-state index is -1.05. The van der Waals surface area contributed by atoms with Crippen molar-refractivity contribution in [2.75, 3.05) is 24.2 Å². The molecule has 21 heavy (non-hydrogen) atoms. The molecule has 1 heterocycles. The third kappa shape index (κ3) is 4.04. The predicted octanol–water partition coefficient (Wildman–Crippen LogP) is 3.40. The van der Waals surface area contributed by atoms with Crippen LogP contribution in [0.2, 0.25) is 5.02 Å². The zero-order valence-electron chi connectivity index (χ0n) is 11.6. The second-order valence-corrected chi connectivity index (χ2v) is 6.59. The zero-order valence-corrected chi connectivity index (χ0v) is 13.2. The van der Waals surface area contributed by atoms with Crippen molar-refractivity contribution >= 4 is 41.1 Å². The van der Waals surface area contributed by atoms with Crippen LogP contribution in [0, 0.1) is 0 Å². The summed E-state index contributed by atoms with van der Waals surface area (Å²) in [7, 11) is 0. The summed E-state index contributed by atoms with van der Waals surface area (Å²) in [5, 5.41) is 12.3. The zero-order chi connectivity index (χ0) is 15.4. The van der Waals surface area contributed by atoms with E-state index in [1.54, 1.807) is 4.90 Å². The summed E-state index contributed by atoms with van der Waals surface area (Å²) in [5.74, 6) is -0.119. The van der Waals surface area contributed by atoms with E-state index in [0.717, 1.165) is 18.7 Å². The lowest BCUT2D eigenvalue weighted by Gasteiger charge is -2.32. The first-order valence-electron chi connectivity index (χ1n) is 6.71. The van der Waals surface area contributed by atoms with Gasteiger partial charge in [-0.3, -0.25) is 0 Å². The van der Waals surface area contributed by atoms with E-state index in [0.29, 0.717) is 17.5 Å². The lowest BCUT2D eigenvalue weighted by molar-refractivity contribution is 0.0697. The molecule has 1 aliphatic rings. The molecule has 0 radical (unpaired) electrons. The van der Waals surface area contributed by atoms with Crippen molar-refractivity contribution in [3.05, 3.63) is 28.8 Å². The molecule has 1 unspecified atom stereocenters. The van der Waals surface area contributed by atoms with E-state index in [1.165, 1.54) is 18.2 Å². The van der Waals surface area contributed by atoms with Crippen molar-refractivity contribution in [2.45, 2.75) is 18.6 Å². The second-order valence-electron chi connectivity index (χ2n) is 4.78. The number of carbonyl (C=O) groups is 2. The molecule has 1 aliphatic heterocycles. The molecule has 2 amide bonds. The molecule has 7 heteroatoms. The quantitative estimate of drug-likeness (QED) is 0.892. The number of nitrogens with one attached hydrogen (secondary N) is 1. The summed E-state index contributed by atoms with van der Waals surface area (Å²) < 4.78 is 0. The largest absolute Gasteiger partial charge is 0.478 e. The van der Waals surface area contributed by atoms with Gasteiger partial charge in [-0.2, -0.15) is 11.8 Å². The number of hydrogen-bond donors (Lipinski definition) is 2. The standard InChI is InChI=1S/C14H17ClN2O3S/c1-2-10-8-17(5-6-21-10)14(20)16-12-4-3-9(13(18)19)7-11(12)15/h3-4,7,10H,2,5-6,8H2,1H3,(H,16,20)(H,18,19). The number of aromatic carboxylic acids is 1. The van der Waals surface area contributed by atoms with Crippen molar-refractivity contribution in [2.24, 2.45) is 0 Å². The normalized spacial score (nSPS) is 18.4. The molecular formula is C14H17ClN2O3S. The van der Waals surface area contributed by atoms with E-state index in [-0.39, 0.29) is 16.6 Å². The third-order valence-electron chi connectivity index (χ3n) is 3.34. The van der Waals surface area contributed by atoms with Gasteiger partial charge in [0.25, 0.3) is 0 Å². The van der Waals surface area contributed by atoms with Crippen LogP contribution in [0.3, 0.4) is 0 Å². The number of rotatable bonds is 3. The maximum atomic E-state index is 12.2. The summed E-state index contributed by atoms with van der Waals surface area (Å²) in [6.45, 7) is 3.54. The fraction of sp³-hybridized carbons (Fsp3) is 0.429. The lowest BCUT2D eigenvalue weighted by Crippen LogP contribution is -2.44. The van der Waals surface area contributed by atoms with Crippen LogP contribution in [0.15, 0.2) is 18.2 Å². The topological polar surface area (TPSA) is 69.6 Å². The Bertz CT molecular complexity index is 553. The highest BCUT2D eigenvalue weighted by atomic mass is 35.5. The van der Waals surface area contributed by atoms with Gasteiger partial charge in [-0.05, 0) is 24.6 Å². The summed E-state index contributed by atoms with van der Waals surface area (Å²) >= 11 is 7.90. The van der Waals surface area contributed by atoms with Crippen molar-refractivity contribution in [3.8, 4) is 0 Å². The van der Waals surface area contributed by atoms with E-state index >= 15 is 0 Å².